The van der Waals surface area contributed by atoms with Gasteiger partial charge in [-0.2, -0.15) is 13.2 Å². The third-order valence-corrected chi connectivity index (χ3v) is 4.25. The van der Waals surface area contributed by atoms with E-state index in [1.54, 1.807) is 37.3 Å². The maximum Gasteiger partial charge on any atom is 0.491 e. The number of aromatic nitrogens is 1. The molecule has 0 saturated heterocycles. The molecular formula is C18H13BF3NO3. The number of hydrogen-bond acceptors (Lipinski definition) is 4. The fourth-order valence-electron chi connectivity index (χ4n) is 2.99. The predicted octanol–water partition coefficient (Wildman–Crippen LogP) is 3.57. The summed E-state index contributed by atoms with van der Waals surface area (Å²) in [5, 5.41) is 9.67. The highest BCUT2D eigenvalue weighted by Crippen LogP contribution is 2.37. The summed E-state index contributed by atoms with van der Waals surface area (Å²) >= 11 is 0. The van der Waals surface area contributed by atoms with Crippen molar-refractivity contribution in [2.45, 2.75) is 19.7 Å². The Morgan fingerprint density at radius 3 is 2.73 bits per heavy atom. The van der Waals surface area contributed by atoms with Gasteiger partial charge in [0.15, 0.2) is 0 Å². The molecule has 4 rings (SSSR count). The monoisotopic (exact) mass is 359 g/mol. The molecule has 1 aromatic heterocycles. The van der Waals surface area contributed by atoms with E-state index in [0.717, 1.165) is 17.2 Å². The molecule has 132 valence electrons. The highest BCUT2D eigenvalue weighted by Gasteiger charge is 2.34. The maximum atomic E-state index is 13.5. The number of hydrogen-bond donors (Lipinski definition) is 1. The van der Waals surface area contributed by atoms with Crippen molar-refractivity contribution in [2.75, 3.05) is 0 Å². The average Bonchev–Trinajstić information content (AvgIpc) is 2.94. The zero-order valence-electron chi connectivity index (χ0n) is 13.7. The van der Waals surface area contributed by atoms with Gasteiger partial charge in [0.1, 0.15) is 5.75 Å². The Balaban J connectivity index is 1.77. The van der Waals surface area contributed by atoms with Crippen LogP contribution in [0, 0.1) is 6.92 Å². The lowest BCUT2D eigenvalue weighted by Crippen LogP contribution is -2.27. The molecule has 1 aliphatic rings. The smallest absolute Gasteiger partial charge is 0.439 e. The second-order valence-corrected chi connectivity index (χ2v) is 6.15. The van der Waals surface area contributed by atoms with Crippen LogP contribution >= 0.6 is 0 Å². The van der Waals surface area contributed by atoms with Gasteiger partial charge in [0.2, 0.25) is 5.88 Å². The van der Waals surface area contributed by atoms with E-state index in [-0.39, 0.29) is 23.4 Å². The predicted molar refractivity (Wildman–Crippen MR) is 90.4 cm³/mol. The van der Waals surface area contributed by atoms with Crippen LogP contribution in [0.4, 0.5) is 13.2 Å². The van der Waals surface area contributed by atoms with Crippen LogP contribution in [0.1, 0.15) is 16.7 Å². The molecule has 0 saturated carbocycles. The van der Waals surface area contributed by atoms with Gasteiger partial charge in [-0.3, -0.25) is 0 Å². The third kappa shape index (κ3) is 3.02. The molecule has 2 heterocycles. The van der Waals surface area contributed by atoms with Crippen molar-refractivity contribution >= 4 is 23.5 Å². The average molecular weight is 359 g/mol. The number of ether oxygens (including phenoxy) is 1. The number of alkyl halides is 3. The lowest BCUT2D eigenvalue weighted by molar-refractivity contribution is -0.136. The van der Waals surface area contributed by atoms with E-state index < -0.39 is 18.9 Å². The summed E-state index contributed by atoms with van der Waals surface area (Å²) < 4.78 is 51.1. The quantitative estimate of drug-likeness (QED) is 0.711. The first-order valence-electron chi connectivity index (χ1n) is 7.90. The van der Waals surface area contributed by atoms with Crippen molar-refractivity contribution < 1.29 is 27.6 Å². The fourth-order valence-corrected chi connectivity index (χ4v) is 2.99. The number of pyridine rings is 1. The summed E-state index contributed by atoms with van der Waals surface area (Å²) in [5.74, 6) is 0.182. The van der Waals surface area contributed by atoms with Gasteiger partial charge in [0.25, 0.3) is 0 Å². The molecule has 8 heteroatoms. The van der Waals surface area contributed by atoms with E-state index in [0.29, 0.717) is 11.2 Å². The van der Waals surface area contributed by atoms with Crippen LogP contribution in [-0.2, 0) is 17.4 Å². The van der Waals surface area contributed by atoms with E-state index in [2.05, 4.69) is 4.98 Å². The van der Waals surface area contributed by atoms with E-state index >= 15 is 0 Å². The van der Waals surface area contributed by atoms with Gasteiger partial charge in [-0.25, -0.2) is 4.98 Å². The summed E-state index contributed by atoms with van der Waals surface area (Å²) in [5.41, 5.74) is 1.48. The van der Waals surface area contributed by atoms with Crippen molar-refractivity contribution in [3.63, 3.8) is 0 Å². The second kappa shape index (κ2) is 6.00. The van der Waals surface area contributed by atoms with Crippen LogP contribution in [0.2, 0.25) is 0 Å². The summed E-state index contributed by atoms with van der Waals surface area (Å²) in [7, 11) is -0.988. The van der Waals surface area contributed by atoms with E-state index in [9.17, 15) is 18.2 Å². The molecule has 0 amide bonds. The first kappa shape index (κ1) is 16.9. The molecule has 0 fully saturated rings. The zero-order valence-corrected chi connectivity index (χ0v) is 13.7. The minimum Gasteiger partial charge on any atom is -0.439 e. The summed E-state index contributed by atoms with van der Waals surface area (Å²) in [6.07, 6.45) is -4.52. The summed E-state index contributed by atoms with van der Waals surface area (Å²) in [6, 6.07) is 10.4. The molecule has 2 aromatic carbocycles. The van der Waals surface area contributed by atoms with E-state index in [1.807, 2.05) is 0 Å². The molecule has 0 atom stereocenters. The molecule has 0 spiro atoms. The Hall–Kier alpha value is -2.58. The van der Waals surface area contributed by atoms with Crippen molar-refractivity contribution in [3.05, 3.63) is 59.2 Å². The third-order valence-electron chi connectivity index (χ3n) is 4.25. The Labute approximate surface area is 147 Å². The molecule has 0 radical (unpaired) electrons. The normalized spacial score (nSPS) is 14.0. The van der Waals surface area contributed by atoms with Crippen molar-refractivity contribution in [2.24, 2.45) is 0 Å². The van der Waals surface area contributed by atoms with Crippen LogP contribution in [-0.4, -0.2) is 17.1 Å². The minimum atomic E-state index is -4.52. The minimum absolute atomic E-state index is 0.0373. The summed E-state index contributed by atoms with van der Waals surface area (Å²) in [4.78, 5) is 4.19. The largest absolute Gasteiger partial charge is 0.491 e. The van der Waals surface area contributed by atoms with Gasteiger partial charge < -0.3 is 14.4 Å². The van der Waals surface area contributed by atoms with Crippen LogP contribution < -0.4 is 10.2 Å². The van der Waals surface area contributed by atoms with Gasteiger partial charge in [-0.15, -0.1) is 0 Å². The van der Waals surface area contributed by atoms with Gasteiger partial charge in [0.05, 0.1) is 17.7 Å². The molecule has 0 aliphatic carbocycles. The zero-order chi connectivity index (χ0) is 18.5. The first-order valence-corrected chi connectivity index (χ1v) is 7.90. The molecule has 1 N–H and O–H groups in total. The number of nitrogens with zero attached hydrogens (tertiary/aromatic N) is 1. The highest BCUT2D eigenvalue weighted by molar-refractivity contribution is 6.61. The molecule has 3 aromatic rings. The molecule has 0 unspecified atom stereocenters. The maximum absolute atomic E-state index is 13.5. The van der Waals surface area contributed by atoms with Crippen molar-refractivity contribution in [1.29, 1.82) is 0 Å². The van der Waals surface area contributed by atoms with Gasteiger partial charge >= 0.3 is 13.3 Å². The van der Waals surface area contributed by atoms with Crippen LogP contribution in [0.25, 0.3) is 10.9 Å². The molecule has 4 nitrogen and oxygen atoms in total. The summed E-state index contributed by atoms with van der Waals surface area (Å²) in [6.45, 7) is 1.94. The van der Waals surface area contributed by atoms with Crippen LogP contribution in [0.5, 0.6) is 11.6 Å². The molecule has 26 heavy (non-hydrogen) atoms. The molecule has 1 aliphatic heterocycles. The van der Waals surface area contributed by atoms with Crippen molar-refractivity contribution in [1.82, 2.24) is 4.98 Å². The van der Waals surface area contributed by atoms with E-state index in [4.69, 9.17) is 9.39 Å². The Bertz CT molecular complexity index is 1010. The number of rotatable bonds is 2. The van der Waals surface area contributed by atoms with E-state index in [1.165, 1.54) is 6.07 Å². The van der Waals surface area contributed by atoms with Crippen LogP contribution in [0.3, 0.4) is 0 Å². The number of aryl methyl sites for hydroxylation is 1. The fraction of sp³-hybridized carbons (Fsp3) is 0.167. The Morgan fingerprint density at radius 2 is 1.96 bits per heavy atom. The van der Waals surface area contributed by atoms with Gasteiger partial charge in [-0.05, 0) is 42.2 Å². The molecular weight excluding hydrogens is 346 g/mol. The second-order valence-electron chi connectivity index (χ2n) is 6.15. The Morgan fingerprint density at radius 1 is 1.15 bits per heavy atom. The highest BCUT2D eigenvalue weighted by atomic mass is 19.4. The number of benzene rings is 2. The number of halogens is 3. The standard InChI is InChI=1S/C18H13BF3NO3/c1-10-2-5-16-13(6-10)14(18(20,21)22)8-17(23-16)26-12-3-4-15-11(7-12)9-25-19(15)24/h2-8,24H,9H2,1H3. The number of fused-ring (bicyclic) bond motifs is 2. The van der Waals surface area contributed by atoms with Crippen molar-refractivity contribution in [3.8, 4) is 11.6 Å². The van der Waals surface area contributed by atoms with Crippen LogP contribution in [0.15, 0.2) is 42.5 Å². The lowest BCUT2D eigenvalue weighted by atomic mass is 9.80. The van der Waals surface area contributed by atoms with Gasteiger partial charge in [-0.1, -0.05) is 17.7 Å². The lowest BCUT2D eigenvalue weighted by Gasteiger charge is -2.13. The SMILES string of the molecule is Cc1ccc2nc(Oc3ccc4c(c3)COB4O)cc(C(F)(F)F)c2c1. The first-order chi connectivity index (χ1) is 12.3. The van der Waals surface area contributed by atoms with Gasteiger partial charge in [0, 0.05) is 11.5 Å². The topological polar surface area (TPSA) is 51.6 Å². The Kier molecular flexibility index (Phi) is 3.89. The molecule has 0 bridgehead atoms.